The summed E-state index contributed by atoms with van der Waals surface area (Å²) in [4.78, 5) is 12.1. The van der Waals surface area contributed by atoms with Crippen molar-refractivity contribution < 1.29 is 22.7 Å². The summed E-state index contributed by atoms with van der Waals surface area (Å²) in [5.41, 5.74) is 1.21. The fourth-order valence-corrected chi connectivity index (χ4v) is 4.08. The quantitative estimate of drug-likeness (QED) is 0.526. The van der Waals surface area contributed by atoms with Gasteiger partial charge >= 0.3 is 0 Å². The molecule has 1 amide bonds. The third kappa shape index (κ3) is 6.81. The second-order valence-corrected chi connectivity index (χ2v) is 8.99. The predicted octanol–water partition coefficient (Wildman–Crippen LogP) is 3.40. The van der Waals surface area contributed by atoms with Gasteiger partial charge in [-0.1, -0.05) is 29.8 Å². The van der Waals surface area contributed by atoms with Crippen LogP contribution in [0.2, 0.25) is 5.02 Å². The van der Waals surface area contributed by atoms with Crippen LogP contribution in [0.3, 0.4) is 0 Å². The molecule has 7 nitrogen and oxygen atoms in total. The number of methoxy groups -OCH3 is 1. The van der Waals surface area contributed by atoms with Crippen molar-refractivity contribution in [3.8, 4) is 11.5 Å². The Labute approximate surface area is 183 Å². The number of hydrogen-bond donors (Lipinski definition) is 1. The first-order chi connectivity index (χ1) is 14.2. The highest BCUT2D eigenvalue weighted by Gasteiger charge is 2.20. The molecule has 0 saturated carbocycles. The SMILES string of the molecule is COc1ccccc1OCCNC(=O)CCCN(c1cccc(Cl)c1C)S(C)(=O)=O. The topological polar surface area (TPSA) is 84.9 Å². The Morgan fingerprint density at radius 2 is 1.83 bits per heavy atom. The summed E-state index contributed by atoms with van der Waals surface area (Å²) in [6.07, 6.45) is 1.71. The molecule has 9 heteroatoms. The number of anilines is 1. The number of sulfonamides is 1. The van der Waals surface area contributed by atoms with Crippen LogP contribution in [-0.4, -0.2) is 47.4 Å². The number of amides is 1. The van der Waals surface area contributed by atoms with Gasteiger partial charge in [-0.05, 0) is 43.2 Å². The van der Waals surface area contributed by atoms with E-state index in [1.165, 1.54) is 4.31 Å². The van der Waals surface area contributed by atoms with E-state index in [0.717, 1.165) is 6.26 Å². The lowest BCUT2D eigenvalue weighted by Gasteiger charge is -2.24. The number of rotatable bonds is 11. The van der Waals surface area contributed by atoms with Gasteiger partial charge < -0.3 is 14.8 Å². The molecule has 2 rings (SSSR count). The molecule has 164 valence electrons. The Kier molecular flexibility index (Phi) is 8.80. The number of nitrogens with zero attached hydrogens (tertiary/aromatic N) is 1. The molecule has 0 fully saturated rings. The van der Waals surface area contributed by atoms with Crippen LogP contribution >= 0.6 is 11.6 Å². The second kappa shape index (κ2) is 11.1. The van der Waals surface area contributed by atoms with Crippen LogP contribution in [0.25, 0.3) is 0 Å². The average molecular weight is 455 g/mol. The van der Waals surface area contributed by atoms with Gasteiger partial charge in [0, 0.05) is 18.0 Å². The number of ether oxygens (including phenoxy) is 2. The minimum Gasteiger partial charge on any atom is -0.493 e. The van der Waals surface area contributed by atoms with Gasteiger partial charge in [-0.25, -0.2) is 8.42 Å². The van der Waals surface area contributed by atoms with E-state index in [4.69, 9.17) is 21.1 Å². The van der Waals surface area contributed by atoms with Crippen LogP contribution in [0.5, 0.6) is 11.5 Å². The maximum Gasteiger partial charge on any atom is 0.232 e. The van der Waals surface area contributed by atoms with E-state index in [2.05, 4.69) is 5.32 Å². The summed E-state index contributed by atoms with van der Waals surface area (Å²) < 4.78 is 36.5. The van der Waals surface area contributed by atoms with Gasteiger partial charge in [-0.2, -0.15) is 0 Å². The highest BCUT2D eigenvalue weighted by atomic mass is 35.5. The average Bonchev–Trinajstić information content (AvgIpc) is 2.70. The van der Waals surface area contributed by atoms with E-state index < -0.39 is 10.0 Å². The molecule has 0 saturated heterocycles. The number of nitrogens with one attached hydrogen (secondary N) is 1. The van der Waals surface area contributed by atoms with Crippen molar-refractivity contribution >= 4 is 33.2 Å². The van der Waals surface area contributed by atoms with E-state index in [9.17, 15) is 13.2 Å². The number of para-hydroxylation sites is 2. The van der Waals surface area contributed by atoms with Crippen molar-refractivity contribution in [2.75, 3.05) is 37.4 Å². The zero-order valence-corrected chi connectivity index (χ0v) is 18.9. The van der Waals surface area contributed by atoms with E-state index in [1.807, 2.05) is 12.1 Å². The van der Waals surface area contributed by atoms with Gasteiger partial charge in [-0.3, -0.25) is 9.10 Å². The van der Waals surface area contributed by atoms with Crippen molar-refractivity contribution in [2.24, 2.45) is 0 Å². The first kappa shape index (κ1) is 23.8. The first-order valence-electron chi connectivity index (χ1n) is 9.49. The lowest BCUT2D eigenvalue weighted by Crippen LogP contribution is -2.33. The summed E-state index contributed by atoms with van der Waals surface area (Å²) in [6, 6.07) is 12.4. The zero-order valence-electron chi connectivity index (χ0n) is 17.4. The van der Waals surface area contributed by atoms with Gasteiger partial charge in [-0.15, -0.1) is 0 Å². The highest BCUT2D eigenvalue weighted by Crippen LogP contribution is 2.28. The largest absolute Gasteiger partial charge is 0.493 e. The van der Waals surface area contributed by atoms with Crippen LogP contribution in [0.15, 0.2) is 42.5 Å². The number of benzene rings is 2. The standard InChI is InChI=1S/C21H27ClN2O5S/c1-16-17(22)8-6-9-18(16)24(30(3,26)27)14-7-12-21(25)23-13-15-29-20-11-5-4-10-19(20)28-2/h4-6,8-11H,7,12-15H2,1-3H3,(H,23,25). The third-order valence-electron chi connectivity index (χ3n) is 4.42. The maximum absolute atomic E-state index is 12.2. The lowest BCUT2D eigenvalue weighted by atomic mass is 10.2. The molecule has 0 unspecified atom stereocenters. The Morgan fingerprint density at radius 3 is 2.50 bits per heavy atom. The summed E-state index contributed by atoms with van der Waals surface area (Å²) in [6.45, 7) is 2.58. The molecule has 0 aliphatic rings. The maximum atomic E-state index is 12.2. The zero-order chi connectivity index (χ0) is 22.1. The van der Waals surface area contributed by atoms with Crippen LogP contribution in [0, 0.1) is 6.92 Å². The molecule has 2 aromatic carbocycles. The monoisotopic (exact) mass is 454 g/mol. The van der Waals surface area contributed by atoms with Crippen molar-refractivity contribution in [1.29, 1.82) is 0 Å². The van der Waals surface area contributed by atoms with Crippen LogP contribution in [-0.2, 0) is 14.8 Å². The van der Waals surface area contributed by atoms with Gasteiger partial charge in [0.25, 0.3) is 0 Å². The van der Waals surface area contributed by atoms with E-state index in [1.54, 1.807) is 44.4 Å². The molecule has 0 spiro atoms. The molecule has 0 aliphatic carbocycles. The second-order valence-electron chi connectivity index (χ2n) is 6.67. The fourth-order valence-electron chi connectivity index (χ4n) is 2.89. The fraction of sp³-hybridized carbons (Fsp3) is 0.381. The molecule has 0 radical (unpaired) electrons. The highest BCUT2D eigenvalue weighted by molar-refractivity contribution is 7.92. The van der Waals surface area contributed by atoms with Gasteiger partial charge in [0.1, 0.15) is 6.61 Å². The van der Waals surface area contributed by atoms with Crippen LogP contribution in [0.4, 0.5) is 5.69 Å². The van der Waals surface area contributed by atoms with E-state index in [-0.39, 0.29) is 18.9 Å². The Hall–Kier alpha value is -2.45. The smallest absolute Gasteiger partial charge is 0.232 e. The normalized spacial score (nSPS) is 11.1. The van der Waals surface area contributed by atoms with Crippen molar-refractivity contribution in [1.82, 2.24) is 5.32 Å². The number of halogens is 1. The van der Waals surface area contributed by atoms with Crippen LogP contribution < -0.4 is 19.1 Å². The Balaban J connectivity index is 1.81. The minimum atomic E-state index is -3.50. The lowest BCUT2D eigenvalue weighted by molar-refractivity contribution is -0.121. The third-order valence-corrected chi connectivity index (χ3v) is 6.01. The molecule has 30 heavy (non-hydrogen) atoms. The molecule has 2 aromatic rings. The first-order valence-corrected chi connectivity index (χ1v) is 11.7. The number of carbonyl (C=O) groups is 1. The summed E-state index contributed by atoms with van der Waals surface area (Å²) in [7, 11) is -1.94. The van der Waals surface area contributed by atoms with Gasteiger partial charge in [0.2, 0.25) is 15.9 Å². The molecule has 0 bridgehead atoms. The summed E-state index contributed by atoms with van der Waals surface area (Å²) in [5, 5.41) is 3.26. The summed E-state index contributed by atoms with van der Waals surface area (Å²) >= 11 is 6.12. The van der Waals surface area contributed by atoms with Crippen molar-refractivity contribution in [3.63, 3.8) is 0 Å². The molecular formula is C21H27ClN2O5S. The predicted molar refractivity (Wildman–Crippen MR) is 119 cm³/mol. The van der Waals surface area contributed by atoms with Gasteiger partial charge in [0.15, 0.2) is 11.5 Å². The van der Waals surface area contributed by atoms with E-state index in [0.29, 0.717) is 47.3 Å². The molecular weight excluding hydrogens is 428 g/mol. The minimum absolute atomic E-state index is 0.171. The van der Waals surface area contributed by atoms with Crippen molar-refractivity contribution in [3.05, 3.63) is 53.1 Å². The molecule has 0 atom stereocenters. The molecule has 1 N–H and O–H groups in total. The Bertz CT molecular complexity index is 966. The van der Waals surface area contributed by atoms with Crippen LogP contribution in [0.1, 0.15) is 18.4 Å². The van der Waals surface area contributed by atoms with Crippen molar-refractivity contribution in [2.45, 2.75) is 19.8 Å². The number of carbonyl (C=O) groups excluding carboxylic acids is 1. The molecule has 0 heterocycles. The summed E-state index contributed by atoms with van der Waals surface area (Å²) in [5.74, 6) is 1.06. The molecule has 0 aliphatic heterocycles. The Morgan fingerprint density at radius 1 is 1.13 bits per heavy atom. The van der Waals surface area contributed by atoms with Gasteiger partial charge in [0.05, 0.1) is 25.6 Å². The van der Waals surface area contributed by atoms with E-state index >= 15 is 0 Å². The molecule has 0 aromatic heterocycles. The number of hydrogen-bond acceptors (Lipinski definition) is 5.